The number of benzene rings is 1. The van der Waals surface area contributed by atoms with E-state index in [0.29, 0.717) is 12.8 Å². The highest BCUT2D eigenvalue weighted by atomic mass is 32.2. The Kier molecular flexibility index (Phi) is 3.64. The van der Waals surface area contributed by atoms with Gasteiger partial charge in [0.05, 0.1) is 6.07 Å². The molecule has 1 aliphatic heterocycles. The summed E-state index contributed by atoms with van der Waals surface area (Å²) in [6.07, 6.45) is 2.03. The minimum Gasteiger partial charge on any atom is -0.207 e. The number of nitrogens with zero attached hydrogens (tertiary/aromatic N) is 2. The van der Waals surface area contributed by atoms with Crippen LogP contribution in [0.25, 0.3) is 0 Å². The van der Waals surface area contributed by atoms with Gasteiger partial charge in [-0.1, -0.05) is 12.1 Å². The summed E-state index contributed by atoms with van der Waals surface area (Å²) < 4.78 is 39.3. The zero-order valence-corrected chi connectivity index (χ0v) is 10.5. The number of hydrogen-bond acceptors (Lipinski definition) is 3. The standard InChI is InChI=1S/C12H13FN2O2S/c13-11-6-1-2-7-12(11)18(16,17)15-8-4-3-5-10(15)9-14/h1-2,6-7,10H,3-5,8H2. The van der Waals surface area contributed by atoms with Crippen molar-refractivity contribution in [1.29, 1.82) is 5.26 Å². The van der Waals surface area contributed by atoms with E-state index in [-0.39, 0.29) is 11.4 Å². The van der Waals surface area contributed by atoms with Crippen LogP contribution in [0.15, 0.2) is 29.2 Å². The zero-order chi connectivity index (χ0) is 13.2. The fourth-order valence-electron chi connectivity index (χ4n) is 2.10. The van der Waals surface area contributed by atoms with Crippen LogP contribution in [0.2, 0.25) is 0 Å². The van der Waals surface area contributed by atoms with Crippen LogP contribution in [-0.4, -0.2) is 25.3 Å². The second-order valence-corrected chi connectivity index (χ2v) is 6.05. The Labute approximate surface area is 106 Å². The van der Waals surface area contributed by atoms with Crippen LogP contribution in [0.4, 0.5) is 4.39 Å². The van der Waals surface area contributed by atoms with Gasteiger partial charge in [-0.3, -0.25) is 0 Å². The van der Waals surface area contributed by atoms with E-state index in [1.54, 1.807) is 0 Å². The van der Waals surface area contributed by atoms with E-state index < -0.39 is 21.9 Å². The van der Waals surface area contributed by atoms with Crippen LogP contribution in [0.1, 0.15) is 19.3 Å². The van der Waals surface area contributed by atoms with Crippen LogP contribution >= 0.6 is 0 Å². The van der Waals surface area contributed by atoms with Crippen LogP contribution in [0, 0.1) is 17.1 Å². The Hall–Kier alpha value is -1.45. The Morgan fingerprint density at radius 1 is 1.33 bits per heavy atom. The summed E-state index contributed by atoms with van der Waals surface area (Å²) in [4.78, 5) is -0.354. The van der Waals surface area contributed by atoms with Crippen molar-refractivity contribution < 1.29 is 12.8 Å². The summed E-state index contributed by atoms with van der Waals surface area (Å²) >= 11 is 0. The molecule has 2 rings (SSSR count). The molecule has 0 bridgehead atoms. The lowest BCUT2D eigenvalue weighted by Crippen LogP contribution is -2.43. The Bertz CT molecular complexity index is 580. The summed E-state index contributed by atoms with van der Waals surface area (Å²) in [7, 11) is -3.92. The molecule has 1 aromatic carbocycles. The maximum atomic E-state index is 13.6. The van der Waals surface area contributed by atoms with Crippen molar-refractivity contribution in [2.24, 2.45) is 0 Å². The highest BCUT2D eigenvalue weighted by molar-refractivity contribution is 7.89. The number of nitriles is 1. The third kappa shape index (κ3) is 2.24. The van der Waals surface area contributed by atoms with Gasteiger partial charge in [0.1, 0.15) is 16.8 Å². The molecule has 1 saturated heterocycles. The van der Waals surface area contributed by atoms with Crippen molar-refractivity contribution in [2.45, 2.75) is 30.2 Å². The van der Waals surface area contributed by atoms with E-state index in [1.165, 1.54) is 18.2 Å². The zero-order valence-electron chi connectivity index (χ0n) is 9.71. The van der Waals surface area contributed by atoms with Crippen LogP contribution in [0.5, 0.6) is 0 Å². The second-order valence-electron chi connectivity index (χ2n) is 4.19. The van der Waals surface area contributed by atoms with E-state index >= 15 is 0 Å². The maximum absolute atomic E-state index is 13.6. The molecule has 0 radical (unpaired) electrons. The Balaban J connectivity index is 2.43. The predicted molar refractivity (Wildman–Crippen MR) is 63.5 cm³/mol. The maximum Gasteiger partial charge on any atom is 0.247 e. The van der Waals surface area contributed by atoms with Crippen LogP contribution in [-0.2, 0) is 10.0 Å². The van der Waals surface area contributed by atoms with Gasteiger partial charge in [0.25, 0.3) is 0 Å². The van der Waals surface area contributed by atoms with Crippen molar-refractivity contribution in [3.8, 4) is 6.07 Å². The van der Waals surface area contributed by atoms with E-state index in [0.717, 1.165) is 16.8 Å². The molecule has 0 saturated carbocycles. The fourth-order valence-corrected chi connectivity index (χ4v) is 3.78. The number of sulfonamides is 1. The van der Waals surface area contributed by atoms with E-state index in [9.17, 15) is 12.8 Å². The molecule has 0 amide bonds. The molecule has 0 aromatic heterocycles. The third-order valence-electron chi connectivity index (χ3n) is 3.03. The quantitative estimate of drug-likeness (QED) is 0.823. The minimum atomic E-state index is -3.92. The SMILES string of the molecule is N#CC1CCCCN1S(=O)(=O)c1ccccc1F. The fraction of sp³-hybridized carbons (Fsp3) is 0.417. The minimum absolute atomic E-state index is 0.273. The van der Waals surface area contributed by atoms with Crippen molar-refractivity contribution in [1.82, 2.24) is 4.31 Å². The topological polar surface area (TPSA) is 61.2 Å². The lowest BCUT2D eigenvalue weighted by Gasteiger charge is -2.30. The molecule has 4 nitrogen and oxygen atoms in total. The van der Waals surface area contributed by atoms with Gasteiger partial charge in [-0.2, -0.15) is 9.57 Å². The molecule has 1 heterocycles. The third-order valence-corrected chi connectivity index (χ3v) is 4.97. The van der Waals surface area contributed by atoms with Gasteiger partial charge in [0.15, 0.2) is 0 Å². The van der Waals surface area contributed by atoms with E-state index in [2.05, 4.69) is 0 Å². The average molecular weight is 268 g/mol. The lowest BCUT2D eigenvalue weighted by molar-refractivity contribution is 0.296. The molecule has 1 aliphatic rings. The molecule has 1 atom stereocenters. The molecule has 0 N–H and O–H groups in total. The van der Waals surface area contributed by atoms with Crippen LogP contribution < -0.4 is 0 Å². The molecule has 6 heteroatoms. The lowest BCUT2D eigenvalue weighted by atomic mass is 10.1. The first-order valence-electron chi connectivity index (χ1n) is 5.73. The average Bonchev–Trinajstić information content (AvgIpc) is 2.39. The largest absolute Gasteiger partial charge is 0.247 e. The molecular weight excluding hydrogens is 255 g/mol. The summed E-state index contributed by atoms with van der Waals surface area (Å²) in [6.45, 7) is 0.273. The molecule has 18 heavy (non-hydrogen) atoms. The molecule has 0 spiro atoms. The molecule has 1 unspecified atom stereocenters. The summed E-state index contributed by atoms with van der Waals surface area (Å²) in [5.74, 6) is -0.778. The summed E-state index contributed by atoms with van der Waals surface area (Å²) in [5, 5.41) is 8.99. The van der Waals surface area contributed by atoms with Gasteiger partial charge in [-0.25, -0.2) is 12.8 Å². The first-order valence-corrected chi connectivity index (χ1v) is 7.17. The normalized spacial score (nSPS) is 21.4. The van der Waals surface area contributed by atoms with Gasteiger partial charge in [0, 0.05) is 6.54 Å². The monoisotopic (exact) mass is 268 g/mol. The van der Waals surface area contributed by atoms with Gasteiger partial charge < -0.3 is 0 Å². The molecule has 1 aromatic rings. The highest BCUT2D eigenvalue weighted by Gasteiger charge is 2.34. The summed E-state index contributed by atoms with van der Waals surface area (Å²) in [6, 6.07) is 6.53. The number of rotatable bonds is 2. The smallest absolute Gasteiger partial charge is 0.207 e. The van der Waals surface area contributed by atoms with Crippen LogP contribution in [0.3, 0.4) is 0 Å². The summed E-state index contributed by atoms with van der Waals surface area (Å²) in [5.41, 5.74) is 0. The van der Waals surface area contributed by atoms with E-state index in [1.807, 2.05) is 6.07 Å². The Morgan fingerprint density at radius 3 is 2.72 bits per heavy atom. The second kappa shape index (κ2) is 5.04. The van der Waals surface area contributed by atoms with E-state index in [4.69, 9.17) is 5.26 Å². The van der Waals surface area contributed by atoms with Crippen molar-refractivity contribution in [3.63, 3.8) is 0 Å². The number of piperidine rings is 1. The van der Waals surface area contributed by atoms with Gasteiger partial charge in [-0.05, 0) is 31.4 Å². The van der Waals surface area contributed by atoms with Crippen molar-refractivity contribution >= 4 is 10.0 Å². The predicted octanol–water partition coefficient (Wildman–Crippen LogP) is 1.89. The molecule has 96 valence electrons. The molecule has 1 fully saturated rings. The molecule has 0 aliphatic carbocycles. The van der Waals surface area contributed by atoms with Gasteiger partial charge in [0.2, 0.25) is 10.0 Å². The number of hydrogen-bond donors (Lipinski definition) is 0. The Morgan fingerprint density at radius 2 is 2.06 bits per heavy atom. The number of halogens is 1. The molecular formula is C12H13FN2O2S. The van der Waals surface area contributed by atoms with Gasteiger partial charge >= 0.3 is 0 Å². The van der Waals surface area contributed by atoms with Gasteiger partial charge in [-0.15, -0.1) is 0 Å². The first kappa shape index (κ1) is 13.0. The van der Waals surface area contributed by atoms with Crippen molar-refractivity contribution in [3.05, 3.63) is 30.1 Å². The van der Waals surface area contributed by atoms with Crippen molar-refractivity contribution in [2.75, 3.05) is 6.54 Å². The highest BCUT2D eigenvalue weighted by Crippen LogP contribution is 2.26. The first-order chi connectivity index (χ1) is 8.57.